The first-order chi connectivity index (χ1) is 16.1. The van der Waals surface area contributed by atoms with Crippen molar-refractivity contribution in [2.75, 3.05) is 31.6 Å². The Labute approximate surface area is 199 Å². The molecule has 33 heavy (non-hydrogen) atoms. The van der Waals surface area contributed by atoms with Crippen LogP contribution in [0.2, 0.25) is 4.34 Å². The molecule has 0 aliphatic carbocycles. The van der Waals surface area contributed by atoms with E-state index in [0.29, 0.717) is 53.1 Å². The summed E-state index contributed by atoms with van der Waals surface area (Å²) in [5, 5.41) is 3.71. The lowest BCUT2D eigenvalue weighted by Gasteiger charge is -2.26. The zero-order valence-electron chi connectivity index (χ0n) is 17.6. The molecule has 1 aliphatic heterocycles. The predicted octanol–water partition coefficient (Wildman–Crippen LogP) is 5.34. The van der Waals surface area contributed by atoms with Gasteiger partial charge in [-0.15, -0.1) is 11.3 Å². The first-order valence-electron chi connectivity index (χ1n) is 10.5. The van der Waals surface area contributed by atoms with Crippen molar-refractivity contribution in [2.24, 2.45) is 0 Å². The van der Waals surface area contributed by atoms with Crippen molar-refractivity contribution >= 4 is 51.3 Å². The Morgan fingerprint density at radius 3 is 2.48 bits per heavy atom. The quantitative estimate of drug-likeness (QED) is 0.430. The maximum absolute atomic E-state index is 13.2. The van der Waals surface area contributed by atoms with Crippen molar-refractivity contribution in [1.29, 1.82) is 0 Å². The van der Waals surface area contributed by atoms with Gasteiger partial charge in [0.15, 0.2) is 0 Å². The van der Waals surface area contributed by atoms with Gasteiger partial charge in [0, 0.05) is 29.7 Å². The van der Waals surface area contributed by atoms with Gasteiger partial charge in [-0.05, 0) is 48.5 Å². The molecule has 4 aromatic rings. The Kier molecular flexibility index (Phi) is 6.09. The van der Waals surface area contributed by atoms with E-state index in [9.17, 15) is 9.59 Å². The average molecular weight is 478 g/mol. The summed E-state index contributed by atoms with van der Waals surface area (Å²) in [7, 11) is 0. The molecule has 2 aromatic carbocycles. The number of anilines is 1. The molecule has 1 N–H and O–H groups in total. The molecule has 0 unspecified atom stereocenters. The normalized spacial score (nSPS) is 13.8. The molecular formula is C25H20ClN3O3S. The fourth-order valence-electron chi connectivity index (χ4n) is 3.79. The van der Waals surface area contributed by atoms with Crippen LogP contribution in [0, 0.1) is 0 Å². The van der Waals surface area contributed by atoms with Gasteiger partial charge < -0.3 is 15.0 Å². The maximum Gasteiger partial charge on any atom is 0.256 e. The molecule has 0 bridgehead atoms. The molecule has 1 aliphatic rings. The highest BCUT2D eigenvalue weighted by molar-refractivity contribution is 7.19. The van der Waals surface area contributed by atoms with Gasteiger partial charge in [-0.25, -0.2) is 4.98 Å². The highest BCUT2D eigenvalue weighted by Crippen LogP contribution is 2.32. The summed E-state index contributed by atoms with van der Waals surface area (Å²) in [6.07, 6.45) is 0. The van der Waals surface area contributed by atoms with E-state index in [1.54, 1.807) is 35.2 Å². The van der Waals surface area contributed by atoms with Crippen molar-refractivity contribution in [2.45, 2.75) is 0 Å². The summed E-state index contributed by atoms with van der Waals surface area (Å²) >= 11 is 7.52. The molecule has 2 amide bonds. The summed E-state index contributed by atoms with van der Waals surface area (Å²) in [5.41, 5.74) is 3.15. The van der Waals surface area contributed by atoms with E-state index in [-0.39, 0.29) is 11.8 Å². The highest BCUT2D eigenvalue weighted by Gasteiger charge is 2.19. The largest absolute Gasteiger partial charge is 0.378 e. The minimum absolute atomic E-state index is 0.0319. The number of pyridine rings is 1. The van der Waals surface area contributed by atoms with Gasteiger partial charge in [0.25, 0.3) is 11.8 Å². The molecule has 166 valence electrons. The minimum atomic E-state index is -0.246. The van der Waals surface area contributed by atoms with Crippen molar-refractivity contribution in [3.05, 3.63) is 82.2 Å². The molecule has 6 nitrogen and oxygen atoms in total. The number of amides is 2. The number of aromatic nitrogens is 1. The van der Waals surface area contributed by atoms with Crippen molar-refractivity contribution in [3.8, 4) is 10.6 Å². The van der Waals surface area contributed by atoms with E-state index < -0.39 is 0 Å². The number of thiophene rings is 1. The Bertz CT molecular complexity index is 1330. The standard InChI is InChI=1S/C25H20ClN3O3S/c26-23-10-9-22(33-23)21-15-19(18-3-1-2-4-20(18)28-21)24(30)27-17-7-5-16(6-8-17)25(31)29-11-13-32-14-12-29/h1-10,15H,11-14H2,(H,27,30). The van der Waals surface area contributed by atoms with Crippen LogP contribution >= 0.6 is 22.9 Å². The van der Waals surface area contributed by atoms with Crippen molar-refractivity contribution in [3.63, 3.8) is 0 Å². The van der Waals surface area contributed by atoms with Crippen LogP contribution in [0.1, 0.15) is 20.7 Å². The number of hydrogen-bond acceptors (Lipinski definition) is 5. The predicted molar refractivity (Wildman–Crippen MR) is 131 cm³/mol. The summed E-state index contributed by atoms with van der Waals surface area (Å²) in [5.74, 6) is -0.277. The number of rotatable bonds is 4. The number of carbonyl (C=O) groups excluding carboxylic acids is 2. The second kappa shape index (κ2) is 9.31. The van der Waals surface area contributed by atoms with Gasteiger partial charge in [-0.2, -0.15) is 0 Å². The number of fused-ring (bicyclic) bond motifs is 1. The third-order valence-electron chi connectivity index (χ3n) is 5.47. The van der Waals surface area contributed by atoms with E-state index in [2.05, 4.69) is 5.32 Å². The Balaban J connectivity index is 1.40. The van der Waals surface area contributed by atoms with Gasteiger partial charge in [0.2, 0.25) is 0 Å². The molecule has 0 saturated carbocycles. The molecule has 0 radical (unpaired) electrons. The Morgan fingerprint density at radius 2 is 1.76 bits per heavy atom. The Morgan fingerprint density at radius 1 is 1.00 bits per heavy atom. The van der Waals surface area contributed by atoms with Gasteiger partial charge in [0.1, 0.15) is 0 Å². The van der Waals surface area contributed by atoms with Gasteiger partial charge in [0.05, 0.1) is 39.2 Å². The first-order valence-corrected chi connectivity index (χ1v) is 11.7. The number of nitrogens with zero attached hydrogens (tertiary/aromatic N) is 2. The fraction of sp³-hybridized carbons (Fsp3) is 0.160. The minimum Gasteiger partial charge on any atom is -0.378 e. The summed E-state index contributed by atoms with van der Waals surface area (Å²) < 4.78 is 5.97. The van der Waals surface area contributed by atoms with Crippen LogP contribution in [0.5, 0.6) is 0 Å². The number of halogens is 1. The molecule has 1 fully saturated rings. The van der Waals surface area contributed by atoms with E-state index in [1.165, 1.54) is 11.3 Å². The lowest BCUT2D eigenvalue weighted by molar-refractivity contribution is 0.0303. The monoisotopic (exact) mass is 477 g/mol. The molecule has 0 atom stereocenters. The second-order valence-corrected chi connectivity index (χ2v) is 9.33. The molecule has 8 heteroatoms. The van der Waals surface area contributed by atoms with E-state index in [0.717, 1.165) is 15.8 Å². The molecule has 0 spiro atoms. The number of hydrogen-bond donors (Lipinski definition) is 1. The topological polar surface area (TPSA) is 71.5 Å². The summed E-state index contributed by atoms with van der Waals surface area (Å²) in [6, 6.07) is 20.0. The second-order valence-electron chi connectivity index (χ2n) is 7.61. The van der Waals surface area contributed by atoms with Crippen molar-refractivity contribution < 1.29 is 14.3 Å². The maximum atomic E-state index is 13.2. The fourth-order valence-corrected chi connectivity index (χ4v) is 4.79. The molecular weight excluding hydrogens is 458 g/mol. The first kappa shape index (κ1) is 21.6. The third-order valence-corrected chi connectivity index (χ3v) is 6.73. The summed E-state index contributed by atoms with van der Waals surface area (Å²) in [4.78, 5) is 33.3. The van der Waals surface area contributed by atoms with Crippen LogP contribution in [0.15, 0.2) is 66.7 Å². The van der Waals surface area contributed by atoms with Gasteiger partial charge >= 0.3 is 0 Å². The summed E-state index contributed by atoms with van der Waals surface area (Å²) in [6.45, 7) is 2.29. The number of carbonyl (C=O) groups is 2. The van der Waals surface area contributed by atoms with Crippen LogP contribution in [0.3, 0.4) is 0 Å². The van der Waals surface area contributed by atoms with Crippen LogP contribution in [0.25, 0.3) is 21.5 Å². The molecule has 5 rings (SSSR count). The van der Waals surface area contributed by atoms with Crippen LogP contribution in [-0.4, -0.2) is 48.0 Å². The number of morpholine rings is 1. The molecule has 3 heterocycles. The van der Waals surface area contributed by atoms with Gasteiger partial charge in [-0.1, -0.05) is 29.8 Å². The molecule has 1 saturated heterocycles. The third kappa shape index (κ3) is 4.61. The Hall–Kier alpha value is -3.26. The smallest absolute Gasteiger partial charge is 0.256 e. The van der Waals surface area contributed by atoms with Crippen molar-refractivity contribution in [1.82, 2.24) is 9.88 Å². The lowest BCUT2D eigenvalue weighted by Crippen LogP contribution is -2.40. The van der Waals surface area contributed by atoms with Crippen LogP contribution in [0.4, 0.5) is 5.69 Å². The van der Waals surface area contributed by atoms with E-state index >= 15 is 0 Å². The zero-order valence-corrected chi connectivity index (χ0v) is 19.2. The number of ether oxygens (including phenoxy) is 1. The highest BCUT2D eigenvalue weighted by atomic mass is 35.5. The number of nitrogens with one attached hydrogen (secondary N) is 1. The number of benzene rings is 2. The SMILES string of the molecule is O=C(Nc1ccc(C(=O)N2CCOCC2)cc1)c1cc(-c2ccc(Cl)s2)nc2ccccc12. The average Bonchev–Trinajstić information content (AvgIpc) is 3.30. The van der Waals surface area contributed by atoms with Gasteiger partial charge in [-0.3, -0.25) is 9.59 Å². The lowest BCUT2D eigenvalue weighted by atomic mass is 10.1. The van der Waals surface area contributed by atoms with E-state index in [1.807, 2.05) is 36.4 Å². The van der Waals surface area contributed by atoms with E-state index in [4.69, 9.17) is 21.3 Å². The van der Waals surface area contributed by atoms with Crippen LogP contribution < -0.4 is 5.32 Å². The van der Waals surface area contributed by atoms with Crippen LogP contribution in [-0.2, 0) is 4.74 Å². The number of para-hydroxylation sites is 1. The zero-order chi connectivity index (χ0) is 22.8. The molecule has 2 aromatic heterocycles.